The van der Waals surface area contributed by atoms with Crippen molar-refractivity contribution in [3.05, 3.63) is 0 Å². The molecule has 0 bridgehead atoms. The molecule has 0 aromatic carbocycles. The molecule has 0 unspecified atom stereocenters. The van der Waals surface area contributed by atoms with Crippen LogP contribution in [0.25, 0.3) is 0 Å². The minimum atomic E-state index is -0.951. The second-order valence-corrected chi connectivity index (χ2v) is 3.82. The summed E-state index contributed by atoms with van der Waals surface area (Å²) in [5.41, 5.74) is -1.15. The molecule has 1 heterocycles. The van der Waals surface area contributed by atoms with Crippen molar-refractivity contribution in [2.24, 2.45) is 5.41 Å². The fourth-order valence-corrected chi connectivity index (χ4v) is 0.875. The van der Waals surface area contributed by atoms with E-state index in [4.69, 9.17) is 0 Å². The lowest BCUT2D eigenvalue weighted by atomic mass is 9.74. The summed E-state index contributed by atoms with van der Waals surface area (Å²) in [7, 11) is 0. The van der Waals surface area contributed by atoms with E-state index in [1.165, 1.54) is 0 Å². The molecule has 0 aromatic heterocycles. The predicted octanol–water partition coefficient (Wildman–Crippen LogP) is 1.34. The minimum absolute atomic E-state index is 0.196. The average Bonchev–Trinajstić information content (AvgIpc) is 1.57. The molecule has 1 rings (SSSR count). The molecule has 2 heteroatoms. The van der Waals surface area contributed by atoms with Crippen LogP contribution in [-0.4, -0.2) is 18.8 Å². The molecule has 0 aliphatic carbocycles. The molecule has 0 saturated carbocycles. The molecule has 1 N–H and O–H groups in total. The third-order valence-corrected chi connectivity index (χ3v) is 2.15. The first-order chi connectivity index (χ1) is 3.96. The molecule has 9 heavy (non-hydrogen) atoms. The average molecular weight is 131 g/mol. The summed E-state index contributed by atoms with van der Waals surface area (Å²) in [5, 5.41) is 2.93. The van der Waals surface area contributed by atoms with E-state index in [1.807, 2.05) is 20.8 Å². The predicted molar refractivity (Wildman–Crippen MR) is 36.2 cm³/mol. The van der Waals surface area contributed by atoms with Gasteiger partial charge in [-0.15, -0.1) is 0 Å². The topological polar surface area (TPSA) is 12.0 Å². The highest BCUT2D eigenvalue weighted by Gasteiger charge is 2.47. The first-order valence-corrected chi connectivity index (χ1v) is 3.35. The molecule has 0 aromatic rings. The van der Waals surface area contributed by atoms with Crippen LogP contribution in [0.1, 0.15) is 20.8 Å². The summed E-state index contributed by atoms with van der Waals surface area (Å²) in [4.78, 5) is 0. The molecule has 1 saturated heterocycles. The number of hydrogen-bond acceptors (Lipinski definition) is 1. The Morgan fingerprint density at radius 2 is 1.78 bits per heavy atom. The smallest absolute Gasteiger partial charge is 0.140 e. The van der Waals surface area contributed by atoms with E-state index in [9.17, 15) is 4.39 Å². The Labute approximate surface area is 55.6 Å². The van der Waals surface area contributed by atoms with Crippen molar-refractivity contribution < 1.29 is 4.39 Å². The molecule has 0 amide bonds. The van der Waals surface area contributed by atoms with Crippen LogP contribution >= 0.6 is 0 Å². The Bertz CT molecular complexity index is 111. The van der Waals surface area contributed by atoms with Gasteiger partial charge in [-0.3, -0.25) is 0 Å². The van der Waals surface area contributed by atoms with Crippen molar-refractivity contribution in [1.82, 2.24) is 5.32 Å². The van der Waals surface area contributed by atoms with Gasteiger partial charge in [-0.25, -0.2) is 4.39 Å². The molecule has 0 radical (unpaired) electrons. The van der Waals surface area contributed by atoms with E-state index in [1.54, 1.807) is 0 Å². The van der Waals surface area contributed by atoms with Gasteiger partial charge in [0, 0.05) is 13.1 Å². The third kappa shape index (κ3) is 0.960. The SMILES string of the molecule is CC(C)(C)C1(F)CNC1. The van der Waals surface area contributed by atoms with Crippen molar-refractivity contribution in [3.63, 3.8) is 0 Å². The van der Waals surface area contributed by atoms with Gasteiger partial charge >= 0.3 is 0 Å². The monoisotopic (exact) mass is 131 g/mol. The van der Waals surface area contributed by atoms with Crippen molar-refractivity contribution in [1.29, 1.82) is 0 Å². The summed E-state index contributed by atoms with van der Waals surface area (Å²) >= 11 is 0. The van der Waals surface area contributed by atoms with Crippen molar-refractivity contribution >= 4 is 0 Å². The lowest BCUT2D eigenvalue weighted by molar-refractivity contribution is -0.0191. The van der Waals surface area contributed by atoms with Crippen molar-refractivity contribution in [3.8, 4) is 0 Å². The van der Waals surface area contributed by atoms with E-state index in [-0.39, 0.29) is 5.41 Å². The quantitative estimate of drug-likeness (QED) is 0.523. The largest absolute Gasteiger partial charge is 0.310 e. The van der Waals surface area contributed by atoms with E-state index in [0.29, 0.717) is 13.1 Å². The summed E-state index contributed by atoms with van der Waals surface area (Å²) in [6, 6.07) is 0. The molecule has 1 aliphatic heterocycles. The van der Waals surface area contributed by atoms with Crippen LogP contribution in [0.5, 0.6) is 0 Å². The highest BCUT2D eigenvalue weighted by molar-refractivity contribution is 5.01. The van der Waals surface area contributed by atoms with Gasteiger partial charge in [-0.1, -0.05) is 20.8 Å². The van der Waals surface area contributed by atoms with Gasteiger partial charge in [0.2, 0.25) is 0 Å². The zero-order valence-electron chi connectivity index (χ0n) is 6.29. The summed E-state index contributed by atoms with van der Waals surface area (Å²) < 4.78 is 13.4. The molecule has 1 nitrogen and oxygen atoms in total. The Morgan fingerprint density at radius 3 is 1.78 bits per heavy atom. The molecule has 0 atom stereocenters. The number of nitrogens with one attached hydrogen (secondary N) is 1. The van der Waals surface area contributed by atoms with Crippen LogP contribution in [0.4, 0.5) is 4.39 Å². The Balaban J connectivity index is 2.59. The van der Waals surface area contributed by atoms with Crippen molar-refractivity contribution in [2.45, 2.75) is 26.4 Å². The van der Waals surface area contributed by atoms with Crippen molar-refractivity contribution in [2.75, 3.05) is 13.1 Å². The van der Waals surface area contributed by atoms with E-state index in [2.05, 4.69) is 5.32 Å². The van der Waals surface area contributed by atoms with E-state index >= 15 is 0 Å². The second kappa shape index (κ2) is 1.69. The number of hydrogen-bond donors (Lipinski definition) is 1. The highest BCUT2D eigenvalue weighted by atomic mass is 19.1. The van der Waals surface area contributed by atoms with E-state index in [0.717, 1.165) is 0 Å². The normalized spacial score (nSPS) is 25.3. The molecule has 0 spiro atoms. The van der Waals surface area contributed by atoms with Crippen LogP contribution in [0.2, 0.25) is 0 Å². The van der Waals surface area contributed by atoms with Crippen LogP contribution in [0.3, 0.4) is 0 Å². The van der Waals surface area contributed by atoms with Gasteiger partial charge in [0.1, 0.15) is 5.67 Å². The second-order valence-electron chi connectivity index (χ2n) is 3.82. The number of alkyl halides is 1. The first-order valence-electron chi connectivity index (χ1n) is 3.35. The lowest BCUT2D eigenvalue weighted by Gasteiger charge is -2.45. The third-order valence-electron chi connectivity index (χ3n) is 2.15. The van der Waals surface area contributed by atoms with Gasteiger partial charge in [0.25, 0.3) is 0 Å². The summed E-state index contributed by atoms with van der Waals surface area (Å²) in [6.45, 7) is 6.86. The van der Waals surface area contributed by atoms with Crippen LogP contribution in [0, 0.1) is 5.41 Å². The number of rotatable bonds is 0. The fourth-order valence-electron chi connectivity index (χ4n) is 0.875. The standard InChI is InChI=1S/C7H14FN/c1-6(2,3)7(8)4-9-5-7/h9H,4-5H2,1-3H3. The Hall–Kier alpha value is -0.110. The summed E-state index contributed by atoms with van der Waals surface area (Å²) in [6.07, 6.45) is 0. The molecule has 1 aliphatic rings. The maximum absolute atomic E-state index is 13.4. The van der Waals surface area contributed by atoms with Crippen LogP contribution < -0.4 is 5.32 Å². The van der Waals surface area contributed by atoms with Crippen LogP contribution in [-0.2, 0) is 0 Å². The van der Waals surface area contributed by atoms with Gasteiger partial charge < -0.3 is 5.32 Å². The van der Waals surface area contributed by atoms with Crippen LogP contribution in [0.15, 0.2) is 0 Å². The molecular weight excluding hydrogens is 117 g/mol. The zero-order chi connectivity index (χ0) is 7.12. The maximum Gasteiger partial charge on any atom is 0.140 e. The first kappa shape index (κ1) is 7.00. The fraction of sp³-hybridized carbons (Fsp3) is 1.00. The molecular formula is C7H14FN. The zero-order valence-corrected chi connectivity index (χ0v) is 6.29. The molecule has 1 fully saturated rings. The lowest BCUT2D eigenvalue weighted by Crippen LogP contribution is -2.63. The molecule has 54 valence electrons. The van der Waals surface area contributed by atoms with Gasteiger partial charge in [-0.05, 0) is 5.41 Å². The van der Waals surface area contributed by atoms with Gasteiger partial charge in [-0.2, -0.15) is 0 Å². The van der Waals surface area contributed by atoms with E-state index < -0.39 is 5.67 Å². The maximum atomic E-state index is 13.4. The Morgan fingerprint density at radius 1 is 1.33 bits per heavy atom. The number of halogens is 1. The van der Waals surface area contributed by atoms with Gasteiger partial charge in [0.05, 0.1) is 0 Å². The Kier molecular flexibility index (Phi) is 1.31. The highest BCUT2D eigenvalue weighted by Crippen LogP contribution is 2.36. The minimum Gasteiger partial charge on any atom is -0.310 e. The summed E-state index contributed by atoms with van der Waals surface area (Å²) in [5.74, 6) is 0. The van der Waals surface area contributed by atoms with Gasteiger partial charge in [0.15, 0.2) is 0 Å².